The summed E-state index contributed by atoms with van der Waals surface area (Å²) in [6.07, 6.45) is 3.30. The van der Waals surface area contributed by atoms with Crippen molar-refractivity contribution >= 4 is 5.91 Å². The normalized spacial score (nSPS) is 16.6. The zero-order chi connectivity index (χ0) is 12.3. The summed E-state index contributed by atoms with van der Waals surface area (Å²) in [5.41, 5.74) is 8.20. The van der Waals surface area contributed by atoms with Gasteiger partial charge in [0, 0.05) is 6.54 Å². The van der Waals surface area contributed by atoms with Gasteiger partial charge in [-0.3, -0.25) is 4.79 Å². The van der Waals surface area contributed by atoms with Gasteiger partial charge in [0.05, 0.1) is 6.04 Å². The summed E-state index contributed by atoms with van der Waals surface area (Å²) in [4.78, 5) is 11.8. The Labute approximate surface area is 102 Å². The van der Waals surface area contributed by atoms with Crippen LogP contribution in [0.5, 0.6) is 0 Å². The largest absolute Gasteiger partial charge is 0.351 e. The maximum absolute atomic E-state index is 11.8. The Hall–Kier alpha value is -1.35. The lowest BCUT2D eigenvalue weighted by molar-refractivity contribution is -0.122. The van der Waals surface area contributed by atoms with E-state index in [1.54, 1.807) is 0 Å². The molecule has 0 unspecified atom stereocenters. The van der Waals surface area contributed by atoms with Crippen molar-refractivity contribution in [2.45, 2.75) is 38.8 Å². The highest BCUT2D eigenvalue weighted by Crippen LogP contribution is 2.33. The molecule has 1 aliphatic carbocycles. The van der Waals surface area contributed by atoms with Gasteiger partial charge >= 0.3 is 0 Å². The van der Waals surface area contributed by atoms with Crippen LogP contribution >= 0.6 is 0 Å². The van der Waals surface area contributed by atoms with Gasteiger partial charge in [-0.15, -0.1) is 0 Å². The van der Waals surface area contributed by atoms with Crippen LogP contribution in [-0.2, 0) is 11.3 Å². The molecule has 0 aromatic heterocycles. The number of hydrogen-bond acceptors (Lipinski definition) is 2. The van der Waals surface area contributed by atoms with Crippen molar-refractivity contribution in [2.24, 2.45) is 11.7 Å². The van der Waals surface area contributed by atoms with Crippen molar-refractivity contribution in [3.63, 3.8) is 0 Å². The lowest BCUT2D eigenvalue weighted by atomic mass is 10.1. The molecule has 0 saturated heterocycles. The molecular weight excluding hydrogens is 212 g/mol. The van der Waals surface area contributed by atoms with Crippen molar-refractivity contribution in [1.29, 1.82) is 0 Å². The van der Waals surface area contributed by atoms with Gasteiger partial charge < -0.3 is 11.1 Å². The van der Waals surface area contributed by atoms with Crippen molar-refractivity contribution < 1.29 is 4.79 Å². The van der Waals surface area contributed by atoms with Gasteiger partial charge in [0.1, 0.15) is 0 Å². The van der Waals surface area contributed by atoms with Crippen LogP contribution in [0.25, 0.3) is 0 Å². The van der Waals surface area contributed by atoms with E-state index in [2.05, 4.69) is 5.32 Å². The zero-order valence-corrected chi connectivity index (χ0v) is 10.3. The number of amides is 1. The van der Waals surface area contributed by atoms with Crippen LogP contribution in [0, 0.1) is 12.8 Å². The first-order valence-corrected chi connectivity index (χ1v) is 6.24. The number of nitrogens with one attached hydrogen (secondary N) is 1. The lowest BCUT2D eigenvalue weighted by Crippen LogP contribution is -2.40. The second kappa shape index (κ2) is 5.32. The van der Waals surface area contributed by atoms with Crippen LogP contribution in [0.1, 0.15) is 30.4 Å². The average molecular weight is 232 g/mol. The van der Waals surface area contributed by atoms with Gasteiger partial charge in [0.15, 0.2) is 0 Å². The highest BCUT2D eigenvalue weighted by molar-refractivity contribution is 5.81. The van der Waals surface area contributed by atoms with Crippen LogP contribution in [-0.4, -0.2) is 11.9 Å². The Balaban J connectivity index is 1.80. The molecule has 92 valence electrons. The number of aryl methyl sites for hydroxylation is 1. The Morgan fingerprint density at radius 1 is 1.47 bits per heavy atom. The van der Waals surface area contributed by atoms with E-state index >= 15 is 0 Å². The van der Waals surface area contributed by atoms with Crippen molar-refractivity contribution in [3.05, 3.63) is 35.4 Å². The molecule has 3 heteroatoms. The van der Waals surface area contributed by atoms with Crippen LogP contribution in [0.3, 0.4) is 0 Å². The molecule has 0 radical (unpaired) electrons. The number of hydrogen-bond donors (Lipinski definition) is 2. The standard InChI is InChI=1S/C14H20N2O/c1-10-4-2-3-5-12(10)9-16-14(17)13(15)8-11-6-7-11/h2-5,11,13H,6-9,15H2,1H3,(H,16,17)/t13-/m0/s1. The Kier molecular flexibility index (Phi) is 3.79. The highest BCUT2D eigenvalue weighted by Gasteiger charge is 2.26. The maximum atomic E-state index is 11.8. The molecule has 0 aliphatic heterocycles. The molecule has 1 atom stereocenters. The molecular formula is C14H20N2O. The summed E-state index contributed by atoms with van der Waals surface area (Å²) in [5.74, 6) is 0.661. The third kappa shape index (κ3) is 3.56. The molecule has 17 heavy (non-hydrogen) atoms. The first-order valence-electron chi connectivity index (χ1n) is 6.24. The van der Waals surface area contributed by atoms with Crippen LogP contribution < -0.4 is 11.1 Å². The summed E-state index contributed by atoms with van der Waals surface area (Å²) in [7, 11) is 0. The molecule has 1 saturated carbocycles. The van der Waals surface area contributed by atoms with E-state index in [9.17, 15) is 4.79 Å². The SMILES string of the molecule is Cc1ccccc1CNC(=O)[C@@H](N)CC1CC1. The van der Waals surface area contributed by atoms with Gasteiger partial charge in [-0.2, -0.15) is 0 Å². The summed E-state index contributed by atoms with van der Waals surface area (Å²) >= 11 is 0. The van der Waals surface area contributed by atoms with E-state index in [1.807, 2.05) is 31.2 Å². The van der Waals surface area contributed by atoms with E-state index in [0.29, 0.717) is 12.5 Å². The molecule has 2 rings (SSSR count). The summed E-state index contributed by atoms with van der Waals surface area (Å²) in [6.45, 7) is 2.62. The van der Waals surface area contributed by atoms with Gasteiger partial charge in [-0.1, -0.05) is 37.1 Å². The minimum Gasteiger partial charge on any atom is -0.351 e. The van der Waals surface area contributed by atoms with Crippen molar-refractivity contribution in [2.75, 3.05) is 0 Å². The Morgan fingerprint density at radius 3 is 2.82 bits per heavy atom. The quantitative estimate of drug-likeness (QED) is 0.812. The number of benzene rings is 1. The number of nitrogens with two attached hydrogens (primary N) is 1. The van der Waals surface area contributed by atoms with Crippen LogP contribution in [0.4, 0.5) is 0 Å². The number of rotatable bonds is 5. The molecule has 1 aromatic carbocycles. The fourth-order valence-corrected chi connectivity index (χ4v) is 1.94. The van der Waals surface area contributed by atoms with E-state index in [1.165, 1.54) is 18.4 Å². The third-order valence-electron chi connectivity index (χ3n) is 3.34. The predicted octanol–water partition coefficient (Wildman–Crippen LogP) is 1.74. The van der Waals surface area contributed by atoms with E-state index < -0.39 is 0 Å². The highest BCUT2D eigenvalue weighted by atomic mass is 16.2. The maximum Gasteiger partial charge on any atom is 0.237 e. The average Bonchev–Trinajstić information content (AvgIpc) is 3.11. The fraction of sp³-hybridized carbons (Fsp3) is 0.500. The molecule has 3 N–H and O–H groups in total. The minimum atomic E-state index is -0.341. The number of carbonyl (C=O) groups is 1. The predicted molar refractivity (Wildman–Crippen MR) is 68.3 cm³/mol. The van der Waals surface area contributed by atoms with Crippen molar-refractivity contribution in [1.82, 2.24) is 5.32 Å². The van der Waals surface area contributed by atoms with Gasteiger partial charge in [-0.25, -0.2) is 0 Å². The van der Waals surface area contributed by atoms with Gasteiger partial charge in [0.25, 0.3) is 0 Å². The molecule has 0 spiro atoms. The topological polar surface area (TPSA) is 55.1 Å². The Bertz CT molecular complexity index is 399. The lowest BCUT2D eigenvalue weighted by Gasteiger charge is -2.12. The summed E-state index contributed by atoms with van der Waals surface area (Å²) in [5, 5.41) is 2.91. The first-order chi connectivity index (χ1) is 8.16. The molecule has 0 heterocycles. The third-order valence-corrected chi connectivity index (χ3v) is 3.34. The Morgan fingerprint density at radius 2 is 2.18 bits per heavy atom. The van der Waals surface area contributed by atoms with Crippen LogP contribution in [0.15, 0.2) is 24.3 Å². The monoisotopic (exact) mass is 232 g/mol. The zero-order valence-electron chi connectivity index (χ0n) is 10.3. The first kappa shape index (κ1) is 12.1. The molecule has 0 bridgehead atoms. The molecule has 3 nitrogen and oxygen atoms in total. The fourth-order valence-electron chi connectivity index (χ4n) is 1.94. The molecule has 1 aromatic rings. The molecule has 1 amide bonds. The second-order valence-corrected chi connectivity index (χ2v) is 4.93. The second-order valence-electron chi connectivity index (χ2n) is 4.93. The summed E-state index contributed by atoms with van der Waals surface area (Å²) < 4.78 is 0. The van der Waals surface area contributed by atoms with Gasteiger partial charge in [0.2, 0.25) is 5.91 Å². The molecule has 1 aliphatic rings. The molecule has 1 fully saturated rings. The van der Waals surface area contributed by atoms with E-state index in [0.717, 1.165) is 12.0 Å². The smallest absolute Gasteiger partial charge is 0.237 e. The number of carbonyl (C=O) groups excluding carboxylic acids is 1. The van der Waals surface area contributed by atoms with E-state index in [-0.39, 0.29) is 11.9 Å². The van der Waals surface area contributed by atoms with Gasteiger partial charge in [-0.05, 0) is 30.4 Å². The van der Waals surface area contributed by atoms with Crippen LogP contribution in [0.2, 0.25) is 0 Å². The summed E-state index contributed by atoms with van der Waals surface area (Å²) in [6, 6.07) is 7.72. The van der Waals surface area contributed by atoms with Crippen molar-refractivity contribution in [3.8, 4) is 0 Å². The minimum absolute atomic E-state index is 0.0276. The van der Waals surface area contributed by atoms with E-state index in [4.69, 9.17) is 5.73 Å².